The van der Waals surface area contributed by atoms with E-state index < -0.39 is 5.97 Å². The molecule has 0 radical (unpaired) electrons. The predicted octanol–water partition coefficient (Wildman–Crippen LogP) is 3.00. The maximum Gasteiger partial charge on any atom is 0.341 e. The third-order valence-corrected chi connectivity index (χ3v) is 3.89. The highest BCUT2D eigenvalue weighted by atomic mass is 16.5. The van der Waals surface area contributed by atoms with E-state index in [0.29, 0.717) is 18.7 Å². The molecule has 5 nitrogen and oxygen atoms in total. The van der Waals surface area contributed by atoms with E-state index in [9.17, 15) is 9.59 Å². The number of amides is 1. The molecule has 5 heteroatoms. The SMILES string of the molecule is CN(Cc1ccc(OCC(=O)O)cc1)C(=O)CC1=CCCCC1. The van der Waals surface area contributed by atoms with Crippen molar-refractivity contribution in [2.75, 3.05) is 13.7 Å². The Kier molecular flexibility index (Phi) is 6.20. The quantitative estimate of drug-likeness (QED) is 0.785. The first-order chi connectivity index (χ1) is 11.0. The van der Waals surface area contributed by atoms with Gasteiger partial charge >= 0.3 is 5.97 Å². The molecule has 0 saturated heterocycles. The lowest BCUT2D eigenvalue weighted by Crippen LogP contribution is -2.26. The zero-order valence-corrected chi connectivity index (χ0v) is 13.5. The molecule has 1 aliphatic carbocycles. The Morgan fingerprint density at radius 1 is 1.22 bits per heavy atom. The van der Waals surface area contributed by atoms with Gasteiger partial charge in [0.1, 0.15) is 5.75 Å². The number of nitrogens with zero attached hydrogens (tertiary/aromatic N) is 1. The fraction of sp³-hybridized carbons (Fsp3) is 0.444. The molecule has 1 aromatic carbocycles. The van der Waals surface area contributed by atoms with E-state index in [1.165, 1.54) is 18.4 Å². The van der Waals surface area contributed by atoms with Crippen molar-refractivity contribution in [3.8, 4) is 5.75 Å². The predicted molar refractivity (Wildman–Crippen MR) is 87.2 cm³/mol. The largest absolute Gasteiger partial charge is 0.482 e. The number of carbonyl (C=O) groups is 2. The summed E-state index contributed by atoms with van der Waals surface area (Å²) in [4.78, 5) is 24.4. The lowest BCUT2D eigenvalue weighted by atomic mass is 9.97. The summed E-state index contributed by atoms with van der Waals surface area (Å²) < 4.78 is 5.09. The van der Waals surface area contributed by atoms with Crippen LogP contribution in [0.25, 0.3) is 0 Å². The van der Waals surface area contributed by atoms with Crippen molar-refractivity contribution >= 4 is 11.9 Å². The van der Waals surface area contributed by atoms with Crippen molar-refractivity contribution in [2.45, 2.75) is 38.6 Å². The Morgan fingerprint density at radius 2 is 1.96 bits per heavy atom. The first-order valence-electron chi connectivity index (χ1n) is 7.90. The third-order valence-electron chi connectivity index (χ3n) is 3.89. The van der Waals surface area contributed by atoms with Gasteiger partial charge in [0.15, 0.2) is 6.61 Å². The molecule has 23 heavy (non-hydrogen) atoms. The molecule has 0 bridgehead atoms. The Morgan fingerprint density at radius 3 is 2.57 bits per heavy atom. The number of hydrogen-bond acceptors (Lipinski definition) is 3. The van der Waals surface area contributed by atoms with Crippen LogP contribution in [0.4, 0.5) is 0 Å². The maximum atomic E-state index is 12.3. The zero-order valence-electron chi connectivity index (χ0n) is 13.5. The number of ether oxygens (including phenoxy) is 1. The Balaban J connectivity index is 1.84. The van der Waals surface area contributed by atoms with Gasteiger partial charge in [-0.3, -0.25) is 4.79 Å². The molecular weight excluding hydrogens is 294 g/mol. The van der Waals surface area contributed by atoms with Crippen LogP contribution >= 0.6 is 0 Å². The zero-order chi connectivity index (χ0) is 16.7. The van der Waals surface area contributed by atoms with Crippen LogP contribution in [0.1, 0.15) is 37.7 Å². The molecule has 0 spiro atoms. The summed E-state index contributed by atoms with van der Waals surface area (Å²) in [7, 11) is 1.81. The summed E-state index contributed by atoms with van der Waals surface area (Å²) >= 11 is 0. The van der Waals surface area contributed by atoms with E-state index in [0.717, 1.165) is 18.4 Å². The Labute approximate surface area is 136 Å². The van der Waals surface area contributed by atoms with E-state index in [1.54, 1.807) is 24.1 Å². The number of rotatable bonds is 7. The standard InChI is InChI=1S/C18H23NO4/c1-19(17(20)11-14-5-3-2-4-6-14)12-15-7-9-16(10-8-15)23-13-18(21)22/h5,7-10H,2-4,6,11-13H2,1H3,(H,21,22). The van der Waals surface area contributed by atoms with E-state index >= 15 is 0 Å². The number of aliphatic carboxylic acids is 1. The van der Waals surface area contributed by atoms with Gasteiger partial charge in [-0.1, -0.05) is 23.8 Å². The molecule has 1 aromatic rings. The molecule has 0 atom stereocenters. The number of carboxylic acids is 1. The van der Waals surface area contributed by atoms with Crippen LogP contribution in [0.2, 0.25) is 0 Å². The molecule has 1 amide bonds. The third kappa shape index (κ3) is 5.77. The summed E-state index contributed by atoms with van der Waals surface area (Å²) in [6.07, 6.45) is 7.24. The molecule has 0 saturated carbocycles. The number of hydrogen-bond donors (Lipinski definition) is 1. The second-order valence-corrected chi connectivity index (χ2v) is 5.86. The molecule has 2 rings (SSSR count). The molecule has 1 N–H and O–H groups in total. The lowest BCUT2D eigenvalue weighted by Gasteiger charge is -2.20. The lowest BCUT2D eigenvalue weighted by molar-refractivity contribution is -0.139. The molecule has 0 unspecified atom stereocenters. The Hall–Kier alpha value is -2.30. The fourth-order valence-corrected chi connectivity index (χ4v) is 2.59. The topological polar surface area (TPSA) is 66.8 Å². The van der Waals surface area contributed by atoms with Gasteiger partial charge in [0.2, 0.25) is 5.91 Å². The van der Waals surface area contributed by atoms with Crippen LogP contribution in [-0.4, -0.2) is 35.5 Å². The van der Waals surface area contributed by atoms with E-state index in [2.05, 4.69) is 6.08 Å². The highest BCUT2D eigenvalue weighted by Gasteiger charge is 2.13. The number of allylic oxidation sites excluding steroid dienone is 1. The summed E-state index contributed by atoms with van der Waals surface area (Å²) in [5, 5.41) is 8.57. The van der Waals surface area contributed by atoms with Crippen LogP contribution in [-0.2, 0) is 16.1 Å². The highest BCUT2D eigenvalue weighted by molar-refractivity contribution is 5.78. The smallest absolute Gasteiger partial charge is 0.341 e. The van der Waals surface area contributed by atoms with Gasteiger partial charge in [-0.2, -0.15) is 0 Å². The molecule has 0 heterocycles. The summed E-state index contributed by atoms with van der Waals surface area (Å²) in [6.45, 7) is 0.179. The van der Waals surface area contributed by atoms with Crippen molar-refractivity contribution in [1.29, 1.82) is 0 Å². The van der Waals surface area contributed by atoms with Gasteiger partial charge in [-0.25, -0.2) is 4.79 Å². The van der Waals surface area contributed by atoms with Crippen LogP contribution in [0.3, 0.4) is 0 Å². The normalized spacial score (nSPS) is 14.0. The summed E-state index contributed by atoms with van der Waals surface area (Å²) in [5.74, 6) is -0.363. The van der Waals surface area contributed by atoms with Crippen molar-refractivity contribution in [2.24, 2.45) is 0 Å². The first-order valence-corrected chi connectivity index (χ1v) is 7.90. The minimum atomic E-state index is -1.00. The average molecular weight is 317 g/mol. The monoisotopic (exact) mass is 317 g/mol. The molecule has 0 fully saturated rings. The van der Waals surface area contributed by atoms with Gasteiger partial charge in [-0.05, 0) is 43.4 Å². The second kappa shape index (κ2) is 8.36. The fourth-order valence-electron chi connectivity index (χ4n) is 2.59. The summed E-state index contributed by atoms with van der Waals surface area (Å²) in [6, 6.07) is 7.14. The van der Waals surface area contributed by atoms with Crippen molar-refractivity contribution in [1.82, 2.24) is 4.90 Å². The highest BCUT2D eigenvalue weighted by Crippen LogP contribution is 2.21. The van der Waals surface area contributed by atoms with E-state index in [-0.39, 0.29) is 12.5 Å². The van der Waals surface area contributed by atoms with Crippen LogP contribution in [0.15, 0.2) is 35.9 Å². The van der Waals surface area contributed by atoms with Gasteiger partial charge in [0.05, 0.1) is 0 Å². The van der Waals surface area contributed by atoms with Crippen LogP contribution in [0, 0.1) is 0 Å². The summed E-state index contributed by atoms with van der Waals surface area (Å²) in [5.41, 5.74) is 2.24. The molecule has 0 aromatic heterocycles. The molecule has 124 valence electrons. The first kappa shape index (κ1) is 17.1. The molecule has 0 aliphatic heterocycles. The minimum absolute atomic E-state index is 0.129. The molecule has 1 aliphatic rings. The van der Waals surface area contributed by atoms with Crippen LogP contribution in [0.5, 0.6) is 5.75 Å². The average Bonchev–Trinajstić information content (AvgIpc) is 2.55. The van der Waals surface area contributed by atoms with E-state index in [1.807, 2.05) is 12.1 Å². The van der Waals surface area contributed by atoms with Crippen molar-refractivity contribution < 1.29 is 19.4 Å². The van der Waals surface area contributed by atoms with Crippen molar-refractivity contribution in [3.63, 3.8) is 0 Å². The van der Waals surface area contributed by atoms with Gasteiger partial charge in [0.25, 0.3) is 0 Å². The maximum absolute atomic E-state index is 12.3. The van der Waals surface area contributed by atoms with Crippen LogP contribution < -0.4 is 4.74 Å². The van der Waals surface area contributed by atoms with Crippen molar-refractivity contribution in [3.05, 3.63) is 41.5 Å². The van der Waals surface area contributed by atoms with Gasteiger partial charge in [0, 0.05) is 20.0 Å². The van der Waals surface area contributed by atoms with E-state index in [4.69, 9.17) is 9.84 Å². The number of carbonyl (C=O) groups excluding carboxylic acids is 1. The minimum Gasteiger partial charge on any atom is -0.482 e. The Bertz CT molecular complexity index is 577. The second-order valence-electron chi connectivity index (χ2n) is 5.86. The molecular formula is C18H23NO4. The van der Waals surface area contributed by atoms with Gasteiger partial charge in [-0.15, -0.1) is 0 Å². The number of benzene rings is 1. The van der Waals surface area contributed by atoms with Gasteiger partial charge < -0.3 is 14.7 Å². The number of carboxylic acid groups (broad SMARTS) is 1.